The number of rotatable bonds is 4. The first kappa shape index (κ1) is 20.3. The Morgan fingerprint density at radius 3 is 2.63 bits per heavy atom. The molecular weight excluding hydrogens is 385 g/mol. The quantitative estimate of drug-likeness (QED) is 0.775. The summed E-state index contributed by atoms with van der Waals surface area (Å²) in [4.78, 5) is 31.1. The molecule has 2 aliphatic heterocycles. The number of methoxy groups -OCH3 is 1. The largest absolute Gasteiger partial charge is 0.497 e. The standard InChI is InChI=1S/C23H26FN3O3/c1-25-14-22(29)27(19-5-3-4-18(24)13-19)16-23(25)10-11-26(15-23)21(28)12-17-6-8-20(30-2)9-7-17/h3-9,13H,10-12,14-16H2,1-2H3. The number of nitrogens with zero attached hydrogens (tertiary/aromatic N) is 3. The zero-order valence-electron chi connectivity index (χ0n) is 17.3. The highest BCUT2D eigenvalue weighted by Crippen LogP contribution is 2.34. The maximum Gasteiger partial charge on any atom is 0.241 e. The molecule has 2 saturated heterocycles. The SMILES string of the molecule is COc1ccc(CC(=O)N2CCC3(C2)CN(c2cccc(F)c2)C(=O)CN3C)cc1. The van der Waals surface area contributed by atoms with Crippen molar-refractivity contribution in [1.82, 2.24) is 9.80 Å². The zero-order chi connectivity index (χ0) is 21.3. The average molecular weight is 411 g/mol. The number of likely N-dealkylation sites (tertiary alicyclic amines) is 1. The number of hydrogen-bond acceptors (Lipinski definition) is 4. The Bertz CT molecular complexity index is 949. The van der Waals surface area contributed by atoms with E-state index in [0.717, 1.165) is 17.7 Å². The first-order valence-electron chi connectivity index (χ1n) is 10.1. The molecule has 2 heterocycles. The van der Waals surface area contributed by atoms with Gasteiger partial charge in [0.1, 0.15) is 11.6 Å². The van der Waals surface area contributed by atoms with Crippen LogP contribution in [0.4, 0.5) is 10.1 Å². The Balaban J connectivity index is 1.47. The fourth-order valence-corrected chi connectivity index (χ4v) is 4.38. The van der Waals surface area contributed by atoms with Crippen molar-refractivity contribution in [3.63, 3.8) is 0 Å². The van der Waals surface area contributed by atoms with Crippen LogP contribution in [0.1, 0.15) is 12.0 Å². The van der Waals surface area contributed by atoms with E-state index in [1.54, 1.807) is 24.1 Å². The van der Waals surface area contributed by atoms with Gasteiger partial charge in [-0.2, -0.15) is 0 Å². The van der Waals surface area contributed by atoms with Crippen LogP contribution >= 0.6 is 0 Å². The summed E-state index contributed by atoms with van der Waals surface area (Å²) in [7, 11) is 3.54. The van der Waals surface area contributed by atoms with E-state index < -0.39 is 0 Å². The number of benzene rings is 2. The van der Waals surface area contributed by atoms with E-state index in [-0.39, 0.29) is 29.7 Å². The number of piperazine rings is 1. The second kappa shape index (κ2) is 8.07. The Morgan fingerprint density at radius 2 is 1.93 bits per heavy atom. The number of carbonyl (C=O) groups excluding carboxylic acids is 2. The van der Waals surface area contributed by atoms with Gasteiger partial charge in [-0.3, -0.25) is 14.5 Å². The molecule has 7 heteroatoms. The van der Waals surface area contributed by atoms with Crippen molar-refractivity contribution in [2.24, 2.45) is 0 Å². The van der Waals surface area contributed by atoms with Gasteiger partial charge >= 0.3 is 0 Å². The molecule has 0 radical (unpaired) electrons. The maximum absolute atomic E-state index is 13.7. The summed E-state index contributed by atoms with van der Waals surface area (Å²) >= 11 is 0. The summed E-state index contributed by atoms with van der Waals surface area (Å²) in [5.74, 6) is 0.407. The van der Waals surface area contributed by atoms with Crippen molar-refractivity contribution in [2.45, 2.75) is 18.4 Å². The van der Waals surface area contributed by atoms with Crippen LogP contribution < -0.4 is 9.64 Å². The van der Waals surface area contributed by atoms with E-state index in [1.165, 1.54) is 12.1 Å². The van der Waals surface area contributed by atoms with Crippen LogP contribution in [0.2, 0.25) is 0 Å². The lowest BCUT2D eigenvalue weighted by molar-refractivity contribution is -0.130. The van der Waals surface area contributed by atoms with Crippen molar-refractivity contribution in [2.75, 3.05) is 45.2 Å². The number of anilines is 1. The van der Waals surface area contributed by atoms with Crippen LogP contribution in [-0.2, 0) is 16.0 Å². The number of hydrogen-bond donors (Lipinski definition) is 0. The second-order valence-corrected chi connectivity index (χ2v) is 8.13. The lowest BCUT2D eigenvalue weighted by Gasteiger charge is -2.46. The van der Waals surface area contributed by atoms with Gasteiger partial charge in [0, 0.05) is 25.3 Å². The van der Waals surface area contributed by atoms with Crippen LogP contribution in [0.3, 0.4) is 0 Å². The minimum absolute atomic E-state index is 0.0586. The number of carbonyl (C=O) groups is 2. The van der Waals surface area contributed by atoms with Crippen LogP contribution in [0.5, 0.6) is 5.75 Å². The molecular formula is C23H26FN3O3. The predicted molar refractivity (Wildman–Crippen MR) is 112 cm³/mol. The molecule has 0 saturated carbocycles. The topological polar surface area (TPSA) is 53.1 Å². The van der Waals surface area contributed by atoms with E-state index in [9.17, 15) is 14.0 Å². The third-order valence-corrected chi connectivity index (χ3v) is 6.25. The summed E-state index contributed by atoms with van der Waals surface area (Å²) < 4.78 is 18.9. The Morgan fingerprint density at radius 1 is 1.17 bits per heavy atom. The van der Waals surface area contributed by atoms with Gasteiger partial charge in [-0.05, 0) is 49.4 Å². The van der Waals surface area contributed by atoms with E-state index in [0.29, 0.717) is 31.7 Å². The number of likely N-dealkylation sites (N-methyl/N-ethyl adjacent to an activating group) is 1. The van der Waals surface area contributed by atoms with Crippen molar-refractivity contribution >= 4 is 17.5 Å². The Hall–Kier alpha value is -2.93. The molecule has 30 heavy (non-hydrogen) atoms. The number of amides is 2. The van der Waals surface area contributed by atoms with Gasteiger partial charge in [0.25, 0.3) is 0 Å². The smallest absolute Gasteiger partial charge is 0.241 e. The molecule has 6 nitrogen and oxygen atoms in total. The van der Waals surface area contributed by atoms with E-state index in [1.807, 2.05) is 41.1 Å². The minimum atomic E-state index is -0.365. The summed E-state index contributed by atoms with van der Waals surface area (Å²) in [6.07, 6.45) is 1.10. The maximum atomic E-state index is 13.7. The van der Waals surface area contributed by atoms with Crippen molar-refractivity contribution in [3.05, 3.63) is 59.9 Å². The summed E-state index contributed by atoms with van der Waals surface area (Å²) in [5, 5.41) is 0. The molecule has 1 spiro atoms. The molecule has 1 atom stereocenters. The highest BCUT2D eigenvalue weighted by atomic mass is 19.1. The third kappa shape index (κ3) is 3.89. The minimum Gasteiger partial charge on any atom is -0.497 e. The van der Waals surface area contributed by atoms with Gasteiger partial charge in [0.15, 0.2) is 0 Å². The van der Waals surface area contributed by atoms with E-state index >= 15 is 0 Å². The highest BCUT2D eigenvalue weighted by Gasteiger charge is 2.48. The molecule has 2 aliphatic rings. The lowest BCUT2D eigenvalue weighted by atomic mass is 9.92. The van der Waals surface area contributed by atoms with Gasteiger partial charge < -0.3 is 14.5 Å². The fourth-order valence-electron chi connectivity index (χ4n) is 4.38. The summed E-state index contributed by atoms with van der Waals surface area (Å²) in [6, 6.07) is 13.6. The Labute approximate surface area is 175 Å². The molecule has 2 amide bonds. The molecule has 2 aromatic rings. The first-order chi connectivity index (χ1) is 14.4. The van der Waals surface area contributed by atoms with Crippen LogP contribution in [0.15, 0.2) is 48.5 Å². The highest BCUT2D eigenvalue weighted by molar-refractivity contribution is 5.96. The molecule has 2 aromatic carbocycles. The zero-order valence-corrected chi connectivity index (χ0v) is 17.3. The van der Waals surface area contributed by atoms with Gasteiger partial charge in [-0.1, -0.05) is 18.2 Å². The average Bonchev–Trinajstić information content (AvgIpc) is 3.17. The summed E-state index contributed by atoms with van der Waals surface area (Å²) in [6.45, 7) is 1.89. The first-order valence-corrected chi connectivity index (χ1v) is 10.1. The number of halogens is 1. The molecule has 0 aliphatic carbocycles. The fraction of sp³-hybridized carbons (Fsp3) is 0.391. The molecule has 2 fully saturated rings. The molecule has 4 rings (SSSR count). The van der Waals surface area contributed by atoms with Gasteiger partial charge in [0.05, 0.1) is 25.6 Å². The molecule has 1 unspecified atom stereocenters. The van der Waals surface area contributed by atoms with Crippen LogP contribution in [0.25, 0.3) is 0 Å². The normalized spacial score (nSPS) is 22.0. The molecule has 0 aromatic heterocycles. The lowest BCUT2D eigenvalue weighted by Crippen LogP contribution is -2.64. The number of ether oxygens (including phenoxy) is 1. The summed E-state index contributed by atoms with van der Waals surface area (Å²) in [5.41, 5.74) is 1.18. The van der Waals surface area contributed by atoms with Gasteiger partial charge in [-0.25, -0.2) is 4.39 Å². The van der Waals surface area contributed by atoms with Crippen LogP contribution in [0, 0.1) is 5.82 Å². The monoisotopic (exact) mass is 411 g/mol. The van der Waals surface area contributed by atoms with Crippen molar-refractivity contribution in [3.8, 4) is 5.75 Å². The van der Waals surface area contributed by atoms with Crippen molar-refractivity contribution in [1.29, 1.82) is 0 Å². The third-order valence-electron chi connectivity index (χ3n) is 6.25. The molecule has 0 bridgehead atoms. The van der Waals surface area contributed by atoms with Crippen molar-refractivity contribution < 1.29 is 18.7 Å². The van der Waals surface area contributed by atoms with Gasteiger partial charge in [0.2, 0.25) is 11.8 Å². The van der Waals surface area contributed by atoms with Crippen LogP contribution in [-0.4, -0.2) is 67.5 Å². The van der Waals surface area contributed by atoms with E-state index in [4.69, 9.17) is 4.74 Å². The Kier molecular flexibility index (Phi) is 5.47. The second-order valence-electron chi connectivity index (χ2n) is 8.13. The molecule has 158 valence electrons. The van der Waals surface area contributed by atoms with Gasteiger partial charge in [-0.15, -0.1) is 0 Å². The van der Waals surface area contributed by atoms with E-state index in [2.05, 4.69) is 0 Å². The molecule has 0 N–H and O–H groups in total. The predicted octanol–water partition coefficient (Wildman–Crippen LogP) is 2.33.